The van der Waals surface area contributed by atoms with Crippen molar-refractivity contribution in [2.24, 2.45) is 5.92 Å². The van der Waals surface area contributed by atoms with Gasteiger partial charge >= 0.3 is 12.1 Å². The molecule has 0 aromatic carbocycles. The van der Waals surface area contributed by atoms with Crippen molar-refractivity contribution >= 4 is 12.1 Å². The van der Waals surface area contributed by atoms with E-state index in [-0.39, 0.29) is 5.92 Å². The second-order valence-corrected chi connectivity index (χ2v) is 3.50. The number of nitrogens with one attached hydrogen (secondary N) is 1. The van der Waals surface area contributed by atoms with E-state index >= 15 is 0 Å². The first kappa shape index (κ1) is 10.8. The van der Waals surface area contributed by atoms with E-state index in [4.69, 9.17) is 5.11 Å². The SMILES string of the molecule is COC(=O)N[C@H](C(=O)O)C1CCCC1. The van der Waals surface area contributed by atoms with Crippen molar-refractivity contribution in [3.63, 3.8) is 0 Å². The predicted molar refractivity (Wildman–Crippen MR) is 48.9 cm³/mol. The number of alkyl carbamates (subject to hydrolysis) is 1. The van der Waals surface area contributed by atoms with Gasteiger partial charge in [-0.15, -0.1) is 0 Å². The molecule has 1 aliphatic rings. The summed E-state index contributed by atoms with van der Waals surface area (Å²) in [5.41, 5.74) is 0. The van der Waals surface area contributed by atoms with Gasteiger partial charge in [0, 0.05) is 0 Å². The number of carbonyl (C=O) groups excluding carboxylic acids is 1. The number of carboxylic acid groups (broad SMARTS) is 1. The van der Waals surface area contributed by atoms with Crippen LogP contribution in [-0.4, -0.2) is 30.3 Å². The van der Waals surface area contributed by atoms with Gasteiger partial charge < -0.3 is 15.2 Å². The van der Waals surface area contributed by atoms with Crippen LogP contribution >= 0.6 is 0 Å². The van der Waals surface area contributed by atoms with Gasteiger partial charge in [0.05, 0.1) is 7.11 Å². The minimum absolute atomic E-state index is 0.0478. The fourth-order valence-corrected chi connectivity index (χ4v) is 1.86. The summed E-state index contributed by atoms with van der Waals surface area (Å²) in [6, 6.07) is -0.801. The highest BCUT2D eigenvalue weighted by Gasteiger charge is 2.31. The summed E-state index contributed by atoms with van der Waals surface area (Å²) in [4.78, 5) is 21.8. The molecule has 0 aromatic rings. The van der Waals surface area contributed by atoms with Crippen molar-refractivity contribution in [3.8, 4) is 0 Å². The normalized spacial score (nSPS) is 18.9. The third-order valence-corrected chi connectivity index (χ3v) is 2.60. The van der Waals surface area contributed by atoms with Crippen LogP contribution in [0.25, 0.3) is 0 Å². The lowest BCUT2D eigenvalue weighted by Crippen LogP contribution is -2.45. The van der Waals surface area contributed by atoms with Gasteiger partial charge in [0.1, 0.15) is 6.04 Å². The molecule has 0 unspecified atom stereocenters. The lowest BCUT2D eigenvalue weighted by molar-refractivity contribution is -0.140. The van der Waals surface area contributed by atoms with Gasteiger partial charge in [-0.3, -0.25) is 0 Å². The minimum Gasteiger partial charge on any atom is -0.480 e. The average molecular weight is 201 g/mol. The molecular weight excluding hydrogens is 186 g/mol. The van der Waals surface area contributed by atoms with E-state index in [9.17, 15) is 9.59 Å². The Bertz CT molecular complexity index is 223. The molecule has 1 atom stereocenters. The Balaban J connectivity index is 2.54. The summed E-state index contributed by atoms with van der Waals surface area (Å²) in [7, 11) is 1.23. The molecule has 1 saturated carbocycles. The Kier molecular flexibility index (Phi) is 3.73. The molecule has 1 amide bonds. The van der Waals surface area contributed by atoms with Crippen LogP contribution in [0.4, 0.5) is 4.79 Å². The molecule has 0 saturated heterocycles. The Morgan fingerprint density at radius 3 is 2.43 bits per heavy atom. The van der Waals surface area contributed by atoms with Crippen LogP contribution in [0, 0.1) is 5.92 Å². The fraction of sp³-hybridized carbons (Fsp3) is 0.778. The highest BCUT2D eigenvalue weighted by atomic mass is 16.5. The molecule has 80 valence electrons. The fourth-order valence-electron chi connectivity index (χ4n) is 1.86. The van der Waals surface area contributed by atoms with Crippen LogP contribution in [0.15, 0.2) is 0 Å². The lowest BCUT2D eigenvalue weighted by Gasteiger charge is -2.19. The average Bonchev–Trinajstić information content (AvgIpc) is 2.65. The summed E-state index contributed by atoms with van der Waals surface area (Å²) >= 11 is 0. The zero-order chi connectivity index (χ0) is 10.6. The molecule has 14 heavy (non-hydrogen) atoms. The van der Waals surface area contributed by atoms with Gasteiger partial charge in [-0.05, 0) is 18.8 Å². The predicted octanol–water partition coefficient (Wildman–Crippen LogP) is 0.986. The van der Waals surface area contributed by atoms with Crippen molar-refractivity contribution in [3.05, 3.63) is 0 Å². The van der Waals surface area contributed by atoms with Gasteiger partial charge in [-0.25, -0.2) is 9.59 Å². The molecule has 0 bridgehead atoms. The van der Waals surface area contributed by atoms with Gasteiger partial charge in [0.2, 0.25) is 0 Å². The zero-order valence-corrected chi connectivity index (χ0v) is 8.16. The Labute approximate surface area is 82.4 Å². The second kappa shape index (κ2) is 4.83. The number of aliphatic carboxylic acids is 1. The maximum Gasteiger partial charge on any atom is 0.407 e. The molecule has 1 rings (SSSR count). The van der Waals surface area contributed by atoms with Gasteiger partial charge in [-0.1, -0.05) is 12.8 Å². The van der Waals surface area contributed by atoms with Crippen LogP contribution in [-0.2, 0) is 9.53 Å². The highest BCUT2D eigenvalue weighted by molar-refractivity contribution is 5.80. The third kappa shape index (κ3) is 2.61. The third-order valence-electron chi connectivity index (χ3n) is 2.60. The van der Waals surface area contributed by atoms with Crippen LogP contribution in [0.1, 0.15) is 25.7 Å². The maximum absolute atomic E-state index is 10.9. The Hall–Kier alpha value is -1.26. The smallest absolute Gasteiger partial charge is 0.407 e. The standard InChI is InChI=1S/C9H15NO4/c1-14-9(13)10-7(8(11)12)6-4-2-3-5-6/h6-7H,2-5H2,1H3,(H,10,13)(H,11,12)/t7-/m0/s1. The van der Waals surface area contributed by atoms with Gasteiger partial charge in [0.25, 0.3) is 0 Å². The lowest BCUT2D eigenvalue weighted by atomic mass is 9.98. The van der Waals surface area contributed by atoms with Gasteiger partial charge in [-0.2, -0.15) is 0 Å². The molecule has 5 heteroatoms. The number of carboxylic acids is 1. The van der Waals surface area contributed by atoms with E-state index in [0.717, 1.165) is 25.7 Å². The first-order valence-corrected chi connectivity index (χ1v) is 4.72. The minimum atomic E-state index is -0.984. The molecule has 2 N–H and O–H groups in total. The largest absolute Gasteiger partial charge is 0.480 e. The number of rotatable bonds is 3. The first-order valence-electron chi connectivity index (χ1n) is 4.72. The van der Waals surface area contributed by atoms with E-state index in [0.29, 0.717) is 0 Å². The van der Waals surface area contributed by atoms with E-state index in [1.165, 1.54) is 7.11 Å². The molecule has 1 aliphatic carbocycles. The second-order valence-electron chi connectivity index (χ2n) is 3.50. The first-order chi connectivity index (χ1) is 6.65. The summed E-state index contributed by atoms with van der Waals surface area (Å²) in [6.07, 6.45) is 3.13. The molecule has 0 aromatic heterocycles. The van der Waals surface area contributed by atoms with Crippen LogP contribution in [0.2, 0.25) is 0 Å². The van der Waals surface area contributed by atoms with Crippen molar-refractivity contribution < 1.29 is 19.4 Å². The number of carbonyl (C=O) groups is 2. The summed E-state index contributed by atoms with van der Waals surface area (Å²) < 4.78 is 4.38. The summed E-state index contributed by atoms with van der Waals surface area (Å²) in [5.74, 6) is -0.936. The molecule has 0 spiro atoms. The number of hydrogen-bond acceptors (Lipinski definition) is 3. The molecule has 1 fully saturated rings. The zero-order valence-electron chi connectivity index (χ0n) is 8.16. The summed E-state index contributed by atoms with van der Waals surface area (Å²) in [5, 5.41) is 11.3. The van der Waals surface area contributed by atoms with Crippen molar-refractivity contribution in [2.75, 3.05) is 7.11 Å². The quantitative estimate of drug-likeness (QED) is 0.713. The van der Waals surface area contributed by atoms with Crippen LogP contribution < -0.4 is 5.32 Å². The van der Waals surface area contributed by atoms with Crippen LogP contribution in [0.3, 0.4) is 0 Å². The Morgan fingerprint density at radius 1 is 1.43 bits per heavy atom. The Morgan fingerprint density at radius 2 is 2.00 bits per heavy atom. The van der Waals surface area contributed by atoms with E-state index in [1.807, 2.05) is 0 Å². The molecule has 5 nitrogen and oxygen atoms in total. The monoisotopic (exact) mass is 201 g/mol. The molecule has 0 radical (unpaired) electrons. The number of methoxy groups -OCH3 is 1. The van der Waals surface area contributed by atoms with Crippen molar-refractivity contribution in [2.45, 2.75) is 31.7 Å². The maximum atomic E-state index is 10.9. The number of hydrogen-bond donors (Lipinski definition) is 2. The van der Waals surface area contributed by atoms with E-state index in [1.54, 1.807) is 0 Å². The number of ether oxygens (including phenoxy) is 1. The number of amides is 1. The van der Waals surface area contributed by atoms with E-state index in [2.05, 4.69) is 10.1 Å². The molecule has 0 aliphatic heterocycles. The van der Waals surface area contributed by atoms with Crippen molar-refractivity contribution in [1.29, 1.82) is 0 Å². The van der Waals surface area contributed by atoms with Crippen molar-refractivity contribution in [1.82, 2.24) is 5.32 Å². The summed E-state index contributed by atoms with van der Waals surface area (Å²) in [6.45, 7) is 0. The molecular formula is C9H15NO4. The topological polar surface area (TPSA) is 75.6 Å². The van der Waals surface area contributed by atoms with Gasteiger partial charge in [0.15, 0.2) is 0 Å². The van der Waals surface area contributed by atoms with E-state index < -0.39 is 18.1 Å². The molecule has 0 heterocycles. The highest BCUT2D eigenvalue weighted by Crippen LogP contribution is 2.27. The van der Waals surface area contributed by atoms with Crippen LogP contribution in [0.5, 0.6) is 0 Å².